The fourth-order valence-corrected chi connectivity index (χ4v) is 1.48. The maximum atomic E-state index is 13.2. The van der Waals surface area contributed by atoms with E-state index in [0.29, 0.717) is 4.47 Å². The van der Waals surface area contributed by atoms with Crippen molar-refractivity contribution in [3.05, 3.63) is 28.0 Å². The molecule has 1 rings (SSSR count). The van der Waals surface area contributed by atoms with Gasteiger partial charge in [0.15, 0.2) is 0 Å². The summed E-state index contributed by atoms with van der Waals surface area (Å²) in [5.74, 6) is -0.821. The topological polar surface area (TPSA) is 66.5 Å². The Hall–Kier alpha value is -0.650. The van der Waals surface area contributed by atoms with Crippen molar-refractivity contribution >= 4 is 15.9 Å². The van der Waals surface area contributed by atoms with Crippen molar-refractivity contribution in [2.24, 2.45) is 5.73 Å². The average molecular weight is 264 g/mol. The zero-order valence-corrected chi connectivity index (χ0v) is 8.96. The molecule has 0 aromatic heterocycles. The zero-order valence-electron chi connectivity index (χ0n) is 7.37. The first kappa shape index (κ1) is 11.4. The van der Waals surface area contributed by atoms with Crippen LogP contribution in [0.3, 0.4) is 0 Å². The Morgan fingerprint density at radius 2 is 2.14 bits per heavy atom. The van der Waals surface area contributed by atoms with Crippen LogP contribution < -0.4 is 5.73 Å². The number of nitrogens with two attached hydrogens (primary N) is 1. The molecule has 0 radical (unpaired) electrons. The summed E-state index contributed by atoms with van der Waals surface area (Å²) >= 11 is 3.04. The normalized spacial score (nSPS) is 12.9. The van der Waals surface area contributed by atoms with Crippen LogP contribution in [-0.4, -0.2) is 16.8 Å². The van der Waals surface area contributed by atoms with Crippen LogP contribution in [0.15, 0.2) is 16.6 Å². The van der Waals surface area contributed by atoms with E-state index in [9.17, 15) is 9.50 Å². The van der Waals surface area contributed by atoms with E-state index in [2.05, 4.69) is 15.9 Å². The predicted molar refractivity (Wildman–Crippen MR) is 54.4 cm³/mol. The van der Waals surface area contributed by atoms with Crippen molar-refractivity contribution in [1.82, 2.24) is 0 Å². The van der Waals surface area contributed by atoms with Crippen LogP contribution in [0.4, 0.5) is 4.39 Å². The van der Waals surface area contributed by atoms with Crippen LogP contribution in [0.5, 0.6) is 5.75 Å². The van der Waals surface area contributed by atoms with Gasteiger partial charge in [-0.15, -0.1) is 0 Å². The van der Waals surface area contributed by atoms with Crippen LogP contribution in [0.25, 0.3) is 0 Å². The minimum atomic E-state index is -0.933. The van der Waals surface area contributed by atoms with Gasteiger partial charge in [-0.2, -0.15) is 0 Å². The highest BCUT2D eigenvalue weighted by Gasteiger charge is 2.14. The summed E-state index contributed by atoms with van der Waals surface area (Å²) < 4.78 is 13.6. The predicted octanol–water partition coefficient (Wildman–Crippen LogP) is 1.68. The summed E-state index contributed by atoms with van der Waals surface area (Å²) in [5, 5.41) is 18.6. The van der Waals surface area contributed by atoms with Gasteiger partial charge >= 0.3 is 0 Å². The fourth-order valence-electron chi connectivity index (χ4n) is 1.12. The third-order valence-corrected chi connectivity index (χ3v) is 2.50. The van der Waals surface area contributed by atoms with Crippen LogP contribution in [0, 0.1) is 5.82 Å². The highest BCUT2D eigenvalue weighted by molar-refractivity contribution is 9.10. The van der Waals surface area contributed by atoms with Crippen molar-refractivity contribution in [3.63, 3.8) is 0 Å². The Bertz CT molecular complexity index is 333. The number of aliphatic hydroxyl groups is 1. The third kappa shape index (κ3) is 2.43. The number of phenolic OH excluding ortho intramolecular Hbond substituents is 1. The number of aliphatic hydroxyl groups excluding tert-OH is 1. The molecule has 0 aliphatic heterocycles. The molecule has 0 saturated carbocycles. The Balaban J connectivity index is 3.02. The molecule has 78 valence electrons. The van der Waals surface area contributed by atoms with E-state index in [1.165, 1.54) is 6.07 Å². The lowest BCUT2D eigenvalue weighted by molar-refractivity contribution is 0.165. The molecule has 5 heteroatoms. The van der Waals surface area contributed by atoms with Gasteiger partial charge in [0, 0.05) is 11.6 Å². The van der Waals surface area contributed by atoms with E-state index in [1.54, 1.807) is 0 Å². The summed E-state index contributed by atoms with van der Waals surface area (Å²) in [6.07, 6.45) is -0.648. The fraction of sp³-hybridized carbons (Fsp3) is 0.333. The standard InChI is InChI=1S/C9H11BrFNO2/c10-6-3-5(8(13)1-2-12)7(11)4-9(6)14/h3-4,8,13-14H,1-2,12H2. The van der Waals surface area contributed by atoms with Gasteiger partial charge in [-0.1, -0.05) is 0 Å². The molecule has 0 amide bonds. The maximum Gasteiger partial charge on any atom is 0.132 e. The molecule has 0 spiro atoms. The van der Waals surface area contributed by atoms with E-state index in [-0.39, 0.29) is 24.3 Å². The maximum absolute atomic E-state index is 13.2. The summed E-state index contributed by atoms with van der Waals surface area (Å²) in [4.78, 5) is 0. The van der Waals surface area contributed by atoms with Gasteiger partial charge in [0.2, 0.25) is 0 Å². The van der Waals surface area contributed by atoms with E-state index in [1.807, 2.05) is 0 Å². The minimum absolute atomic E-state index is 0.139. The molecule has 1 unspecified atom stereocenters. The summed E-state index contributed by atoms with van der Waals surface area (Å²) in [6, 6.07) is 2.31. The number of hydrogen-bond donors (Lipinski definition) is 3. The Labute approximate surface area is 89.5 Å². The highest BCUT2D eigenvalue weighted by Crippen LogP contribution is 2.30. The Morgan fingerprint density at radius 3 is 2.71 bits per heavy atom. The van der Waals surface area contributed by atoms with Crippen molar-refractivity contribution in [2.75, 3.05) is 6.54 Å². The second kappa shape index (κ2) is 4.72. The molecule has 0 saturated heterocycles. The molecule has 14 heavy (non-hydrogen) atoms. The lowest BCUT2D eigenvalue weighted by Crippen LogP contribution is -2.08. The van der Waals surface area contributed by atoms with Crippen molar-refractivity contribution in [2.45, 2.75) is 12.5 Å². The molecule has 0 aliphatic carbocycles. The van der Waals surface area contributed by atoms with Crippen molar-refractivity contribution in [1.29, 1.82) is 0 Å². The Morgan fingerprint density at radius 1 is 1.50 bits per heavy atom. The molecule has 1 atom stereocenters. The van der Waals surface area contributed by atoms with Gasteiger partial charge in [-0.05, 0) is 35.0 Å². The van der Waals surface area contributed by atoms with E-state index < -0.39 is 11.9 Å². The Kier molecular flexibility index (Phi) is 3.86. The molecule has 3 nitrogen and oxygen atoms in total. The lowest BCUT2D eigenvalue weighted by atomic mass is 10.1. The second-order valence-electron chi connectivity index (χ2n) is 2.92. The van der Waals surface area contributed by atoms with Crippen LogP contribution in [0.2, 0.25) is 0 Å². The van der Waals surface area contributed by atoms with Crippen LogP contribution in [-0.2, 0) is 0 Å². The first-order valence-electron chi connectivity index (χ1n) is 4.12. The average Bonchev–Trinajstić information content (AvgIpc) is 2.11. The SMILES string of the molecule is NCCC(O)c1cc(Br)c(O)cc1F. The monoisotopic (exact) mass is 263 g/mol. The minimum Gasteiger partial charge on any atom is -0.507 e. The van der Waals surface area contributed by atoms with Gasteiger partial charge in [0.25, 0.3) is 0 Å². The summed E-state index contributed by atoms with van der Waals surface area (Å²) in [5.41, 5.74) is 5.38. The largest absolute Gasteiger partial charge is 0.507 e. The highest BCUT2D eigenvalue weighted by atomic mass is 79.9. The molecular formula is C9H11BrFNO2. The molecule has 0 fully saturated rings. The molecule has 0 bridgehead atoms. The number of aromatic hydroxyl groups is 1. The molecule has 4 N–H and O–H groups in total. The second-order valence-corrected chi connectivity index (χ2v) is 3.77. The van der Waals surface area contributed by atoms with E-state index in [0.717, 1.165) is 6.07 Å². The first-order chi connectivity index (χ1) is 6.56. The van der Waals surface area contributed by atoms with Gasteiger partial charge in [0.1, 0.15) is 11.6 Å². The van der Waals surface area contributed by atoms with Crippen molar-refractivity contribution in [3.8, 4) is 5.75 Å². The van der Waals surface area contributed by atoms with Gasteiger partial charge < -0.3 is 15.9 Å². The van der Waals surface area contributed by atoms with E-state index >= 15 is 0 Å². The number of hydrogen-bond acceptors (Lipinski definition) is 3. The van der Waals surface area contributed by atoms with Crippen LogP contribution in [0.1, 0.15) is 18.1 Å². The van der Waals surface area contributed by atoms with Gasteiger partial charge in [-0.25, -0.2) is 4.39 Å². The van der Waals surface area contributed by atoms with Crippen LogP contribution >= 0.6 is 15.9 Å². The smallest absolute Gasteiger partial charge is 0.132 e. The summed E-state index contributed by atoms with van der Waals surface area (Å²) in [6.45, 7) is 0.277. The number of halogens is 2. The van der Waals surface area contributed by atoms with Gasteiger partial charge in [-0.3, -0.25) is 0 Å². The lowest BCUT2D eigenvalue weighted by Gasteiger charge is -2.11. The number of benzene rings is 1. The molecule has 1 aromatic carbocycles. The molecular weight excluding hydrogens is 253 g/mol. The molecule has 1 aromatic rings. The summed E-state index contributed by atoms with van der Waals surface area (Å²) in [7, 11) is 0. The number of phenols is 1. The van der Waals surface area contributed by atoms with Gasteiger partial charge in [0.05, 0.1) is 10.6 Å². The molecule has 0 heterocycles. The first-order valence-corrected chi connectivity index (χ1v) is 4.91. The molecule has 0 aliphatic rings. The number of rotatable bonds is 3. The van der Waals surface area contributed by atoms with Crippen molar-refractivity contribution < 1.29 is 14.6 Å². The zero-order chi connectivity index (χ0) is 10.7. The quantitative estimate of drug-likeness (QED) is 0.778. The third-order valence-electron chi connectivity index (χ3n) is 1.87. The van der Waals surface area contributed by atoms with E-state index in [4.69, 9.17) is 10.8 Å².